The van der Waals surface area contributed by atoms with E-state index in [2.05, 4.69) is 0 Å². The Morgan fingerprint density at radius 2 is 1.19 bits per heavy atom. The van der Waals surface area contributed by atoms with E-state index < -0.39 is 24.2 Å². The molecule has 198 valence electrons. The van der Waals surface area contributed by atoms with Gasteiger partial charge in [0.15, 0.2) is 6.29 Å². The van der Waals surface area contributed by atoms with Crippen molar-refractivity contribution >= 4 is 5.91 Å². The van der Waals surface area contributed by atoms with Gasteiger partial charge in [0.05, 0.1) is 45.1 Å². The van der Waals surface area contributed by atoms with Crippen LogP contribution in [0.1, 0.15) is 23.6 Å². The van der Waals surface area contributed by atoms with Gasteiger partial charge in [0.2, 0.25) is 5.91 Å². The summed E-state index contributed by atoms with van der Waals surface area (Å²) in [5, 5.41) is 0. The van der Waals surface area contributed by atoms with Crippen molar-refractivity contribution in [2.45, 2.75) is 45.2 Å². The molecular weight excluding hydrogens is 470 g/mol. The van der Waals surface area contributed by atoms with Gasteiger partial charge in [-0.2, -0.15) is 0 Å². The van der Waals surface area contributed by atoms with Crippen LogP contribution in [0.2, 0.25) is 0 Å². The number of methoxy groups -OCH3 is 1. The maximum Gasteiger partial charge on any atom is 0.225 e. The summed E-state index contributed by atoms with van der Waals surface area (Å²) in [4.78, 5) is 12.6. The van der Waals surface area contributed by atoms with Crippen LogP contribution in [0.3, 0.4) is 0 Å². The second kappa shape index (κ2) is 15.9. The zero-order valence-corrected chi connectivity index (χ0v) is 21.5. The molecule has 2 N–H and O–H groups in total. The highest BCUT2D eigenvalue weighted by atomic mass is 16.7. The van der Waals surface area contributed by atoms with Gasteiger partial charge in [-0.05, 0) is 23.6 Å². The summed E-state index contributed by atoms with van der Waals surface area (Å²) in [7, 11) is 1.52. The van der Waals surface area contributed by atoms with E-state index in [1.54, 1.807) is 0 Å². The molecule has 0 aromatic heterocycles. The number of ether oxygens (including phenoxy) is 5. The minimum atomic E-state index is -0.864. The molecule has 7 heteroatoms. The third-order valence-corrected chi connectivity index (χ3v) is 5.79. The van der Waals surface area contributed by atoms with Crippen LogP contribution < -0.4 is 5.73 Å². The second-order valence-electron chi connectivity index (χ2n) is 8.82. The molecule has 0 aliphatic rings. The Morgan fingerprint density at radius 3 is 1.65 bits per heavy atom. The Bertz CT molecular complexity index is 1020. The van der Waals surface area contributed by atoms with E-state index in [0.717, 1.165) is 16.7 Å². The molecule has 0 fully saturated rings. The molecule has 0 aliphatic heterocycles. The highest BCUT2D eigenvalue weighted by Crippen LogP contribution is 2.21. The smallest absolute Gasteiger partial charge is 0.225 e. The van der Waals surface area contributed by atoms with Crippen LogP contribution in [0.5, 0.6) is 0 Å². The van der Waals surface area contributed by atoms with E-state index >= 15 is 0 Å². The van der Waals surface area contributed by atoms with Crippen molar-refractivity contribution in [1.82, 2.24) is 0 Å². The first kappa shape index (κ1) is 28.5. The zero-order valence-electron chi connectivity index (χ0n) is 21.5. The second-order valence-corrected chi connectivity index (χ2v) is 8.82. The molecule has 37 heavy (non-hydrogen) atoms. The molecule has 0 bridgehead atoms. The summed E-state index contributed by atoms with van der Waals surface area (Å²) >= 11 is 0. The van der Waals surface area contributed by atoms with E-state index in [4.69, 9.17) is 29.4 Å². The summed E-state index contributed by atoms with van der Waals surface area (Å²) in [5.41, 5.74) is 8.84. The van der Waals surface area contributed by atoms with Gasteiger partial charge in [-0.3, -0.25) is 4.79 Å². The highest BCUT2D eigenvalue weighted by molar-refractivity contribution is 5.77. The van der Waals surface area contributed by atoms with Gasteiger partial charge >= 0.3 is 0 Å². The number of nitrogens with two attached hydrogens (primary N) is 1. The van der Waals surface area contributed by atoms with Crippen molar-refractivity contribution in [3.8, 4) is 0 Å². The average Bonchev–Trinajstić information content (AvgIpc) is 2.93. The van der Waals surface area contributed by atoms with Gasteiger partial charge in [-0.1, -0.05) is 91.0 Å². The molecule has 3 unspecified atom stereocenters. The summed E-state index contributed by atoms with van der Waals surface area (Å²) in [5.74, 6) is -1.35. The van der Waals surface area contributed by atoms with Gasteiger partial charge in [0, 0.05) is 7.11 Å². The van der Waals surface area contributed by atoms with Crippen LogP contribution in [0.15, 0.2) is 91.0 Å². The molecule has 7 nitrogen and oxygen atoms in total. The minimum Gasteiger partial charge on any atom is -0.376 e. The first-order valence-electron chi connectivity index (χ1n) is 12.4. The van der Waals surface area contributed by atoms with Crippen LogP contribution in [0.4, 0.5) is 0 Å². The average molecular weight is 508 g/mol. The normalized spacial score (nSPS) is 14.5. The molecule has 0 saturated carbocycles. The quantitative estimate of drug-likeness (QED) is 0.271. The first-order chi connectivity index (χ1) is 18.1. The van der Waals surface area contributed by atoms with Gasteiger partial charge < -0.3 is 29.4 Å². The number of amides is 1. The molecular formula is C30H37NO6. The van der Waals surface area contributed by atoms with E-state index in [-0.39, 0.29) is 19.3 Å². The molecule has 0 spiro atoms. The molecule has 3 aromatic rings. The Kier molecular flexibility index (Phi) is 12.3. The van der Waals surface area contributed by atoms with Gasteiger partial charge in [-0.15, -0.1) is 0 Å². The maximum absolute atomic E-state index is 12.6. The number of carbonyl (C=O) groups excluding carboxylic acids is 1. The van der Waals surface area contributed by atoms with E-state index in [1.807, 2.05) is 97.9 Å². The fourth-order valence-electron chi connectivity index (χ4n) is 3.82. The van der Waals surface area contributed by atoms with Crippen molar-refractivity contribution < 1.29 is 28.5 Å². The molecule has 0 heterocycles. The standard InChI is InChI=1S/C30H37NO6/c1-23(18-34-19-24-12-6-3-7-13-24)37-30(33-2)28(36-21-26-16-10-5-11-17-26)27(29(31)32)22-35-20-25-14-8-4-9-15-25/h3-17,23,27-28,30H,18-22H2,1-2H3,(H2,31,32)/t23?,27-,28?,30?/m1/s1. The molecule has 4 atom stereocenters. The van der Waals surface area contributed by atoms with Gasteiger partial charge in [-0.25, -0.2) is 0 Å². The van der Waals surface area contributed by atoms with Crippen LogP contribution in [-0.2, 0) is 48.3 Å². The predicted octanol–water partition coefficient (Wildman–Crippen LogP) is 4.48. The lowest BCUT2D eigenvalue weighted by molar-refractivity contribution is -0.236. The fourth-order valence-corrected chi connectivity index (χ4v) is 3.82. The number of hydrogen-bond acceptors (Lipinski definition) is 6. The first-order valence-corrected chi connectivity index (χ1v) is 12.4. The molecule has 0 saturated heterocycles. The van der Waals surface area contributed by atoms with Crippen molar-refractivity contribution in [2.24, 2.45) is 11.7 Å². The minimum absolute atomic E-state index is 0.0613. The zero-order chi connectivity index (χ0) is 26.3. The lowest BCUT2D eigenvalue weighted by atomic mass is 10.0. The number of primary amides is 1. The van der Waals surface area contributed by atoms with E-state index in [9.17, 15) is 4.79 Å². The van der Waals surface area contributed by atoms with Crippen molar-refractivity contribution in [3.63, 3.8) is 0 Å². The van der Waals surface area contributed by atoms with Crippen molar-refractivity contribution in [3.05, 3.63) is 108 Å². The fraction of sp³-hybridized carbons (Fsp3) is 0.367. The summed E-state index contributed by atoms with van der Waals surface area (Å²) in [6, 6.07) is 29.3. The summed E-state index contributed by atoms with van der Waals surface area (Å²) in [6.07, 6.45) is -1.98. The number of rotatable bonds is 17. The Balaban J connectivity index is 1.65. The van der Waals surface area contributed by atoms with Gasteiger partial charge in [0.25, 0.3) is 0 Å². The topological polar surface area (TPSA) is 89.2 Å². The summed E-state index contributed by atoms with van der Waals surface area (Å²) in [6.45, 7) is 3.36. The summed E-state index contributed by atoms with van der Waals surface area (Å²) < 4.78 is 29.7. The van der Waals surface area contributed by atoms with E-state index in [0.29, 0.717) is 19.8 Å². The third kappa shape index (κ3) is 10.1. The monoisotopic (exact) mass is 507 g/mol. The molecule has 3 aromatic carbocycles. The molecule has 1 amide bonds. The Hall–Kier alpha value is -3.07. The number of hydrogen-bond donors (Lipinski definition) is 1. The van der Waals surface area contributed by atoms with Crippen molar-refractivity contribution in [2.75, 3.05) is 20.3 Å². The lowest BCUT2D eigenvalue weighted by Crippen LogP contribution is -2.48. The third-order valence-electron chi connectivity index (χ3n) is 5.79. The molecule has 3 rings (SSSR count). The van der Waals surface area contributed by atoms with E-state index in [1.165, 1.54) is 7.11 Å². The van der Waals surface area contributed by atoms with Crippen LogP contribution in [0, 0.1) is 5.92 Å². The van der Waals surface area contributed by atoms with Crippen LogP contribution in [0.25, 0.3) is 0 Å². The Labute approximate surface area is 219 Å². The molecule has 0 radical (unpaired) electrons. The van der Waals surface area contributed by atoms with Gasteiger partial charge in [0.1, 0.15) is 6.10 Å². The largest absolute Gasteiger partial charge is 0.376 e. The van der Waals surface area contributed by atoms with Crippen molar-refractivity contribution in [1.29, 1.82) is 0 Å². The lowest BCUT2D eigenvalue weighted by Gasteiger charge is -2.32. The van der Waals surface area contributed by atoms with Crippen LogP contribution >= 0.6 is 0 Å². The van der Waals surface area contributed by atoms with Crippen LogP contribution in [-0.4, -0.2) is 44.7 Å². The number of benzene rings is 3. The molecule has 0 aliphatic carbocycles. The number of carbonyl (C=O) groups is 1. The SMILES string of the molecule is COC(OC(C)COCc1ccccc1)C(OCc1ccccc1)[C@@H](COCc1ccccc1)C(N)=O. The Morgan fingerprint density at radius 1 is 0.730 bits per heavy atom. The maximum atomic E-state index is 12.6. The highest BCUT2D eigenvalue weighted by Gasteiger charge is 2.36. The predicted molar refractivity (Wildman–Crippen MR) is 141 cm³/mol.